The number of thioether (sulfide) groups is 1. The maximum atomic E-state index is 14.0. The molecule has 25 heavy (non-hydrogen) atoms. The largest absolute Gasteiger partial charge is 0.340 e. The number of benzene rings is 1. The van der Waals surface area contributed by atoms with Gasteiger partial charge in [0.2, 0.25) is 5.91 Å². The summed E-state index contributed by atoms with van der Waals surface area (Å²) in [6.07, 6.45) is 1.98. The van der Waals surface area contributed by atoms with E-state index in [0.717, 1.165) is 16.8 Å². The Labute approximate surface area is 147 Å². The molecule has 1 saturated heterocycles. The van der Waals surface area contributed by atoms with Gasteiger partial charge in [0, 0.05) is 41.9 Å². The first-order valence-corrected chi connectivity index (χ1v) is 8.96. The number of nitrogens with zero attached hydrogens (tertiary/aromatic N) is 3. The molecular formula is C17H17F2N3O2S. The Morgan fingerprint density at radius 2 is 2.12 bits per heavy atom. The fourth-order valence-electron chi connectivity index (χ4n) is 2.76. The molecular weight excluding hydrogens is 348 g/mol. The highest BCUT2D eigenvalue weighted by Gasteiger charge is 2.24. The van der Waals surface area contributed by atoms with Crippen LogP contribution in [0, 0.1) is 11.6 Å². The number of aromatic nitrogens is 2. The minimum atomic E-state index is -0.469. The molecule has 0 spiro atoms. The number of carbonyl (C=O) groups excluding carboxylic acids is 1. The van der Waals surface area contributed by atoms with E-state index in [-0.39, 0.29) is 23.3 Å². The second-order valence-electron chi connectivity index (χ2n) is 5.71. The van der Waals surface area contributed by atoms with E-state index in [1.807, 2.05) is 0 Å². The predicted molar refractivity (Wildman–Crippen MR) is 91.3 cm³/mol. The Kier molecular flexibility index (Phi) is 5.47. The molecule has 1 aromatic carbocycles. The molecule has 1 aliphatic rings. The van der Waals surface area contributed by atoms with Gasteiger partial charge in [-0.2, -0.15) is 16.9 Å². The number of rotatable bonds is 3. The van der Waals surface area contributed by atoms with E-state index in [2.05, 4.69) is 5.10 Å². The van der Waals surface area contributed by atoms with Crippen LogP contribution in [0.5, 0.6) is 0 Å². The Morgan fingerprint density at radius 3 is 2.92 bits per heavy atom. The van der Waals surface area contributed by atoms with Gasteiger partial charge in [0.1, 0.15) is 18.2 Å². The van der Waals surface area contributed by atoms with Crippen LogP contribution in [0.15, 0.2) is 41.3 Å². The lowest BCUT2D eigenvalue weighted by atomic mass is 10.1. The molecule has 5 nitrogen and oxygen atoms in total. The normalized spacial score (nSPS) is 18.0. The van der Waals surface area contributed by atoms with Crippen molar-refractivity contribution in [2.75, 3.05) is 18.8 Å². The van der Waals surface area contributed by atoms with Crippen LogP contribution in [0.3, 0.4) is 0 Å². The molecule has 0 N–H and O–H groups in total. The molecule has 8 heteroatoms. The van der Waals surface area contributed by atoms with Crippen molar-refractivity contribution >= 4 is 17.7 Å². The Balaban J connectivity index is 1.67. The summed E-state index contributed by atoms with van der Waals surface area (Å²) < 4.78 is 28.5. The third kappa shape index (κ3) is 4.25. The van der Waals surface area contributed by atoms with Crippen molar-refractivity contribution in [1.29, 1.82) is 0 Å². The van der Waals surface area contributed by atoms with Gasteiger partial charge in [-0.1, -0.05) is 0 Å². The van der Waals surface area contributed by atoms with Gasteiger partial charge in [-0.3, -0.25) is 9.59 Å². The zero-order valence-electron chi connectivity index (χ0n) is 13.4. The molecule has 132 valence electrons. The zero-order chi connectivity index (χ0) is 17.8. The SMILES string of the molecule is O=C(Cn1ncccc1=O)N1CCSC(c2cc(F)ccc2F)CC1. The van der Waals surface area contributed by atoms with Crippen LogP contribution in [0.25, 0.3) is 0 Å². The van der Waals surface area contributed by atoms with Gasteiger partial charge >= 0.3 is 0 Å². The van der Waals surface area contributed by atoms with Crippen molar-refractivity contribution in [3.8, 4) is 0 Å². The summed E-state index contributed by atoms with van der Waals surface area (Å²) >= 11 is 1.51. The van der Waals surface area contributed by atoms with E-state index >= 15 is 0 Å². The van der Waals surface area contributed by atoms with Crippen LogP contribution in [-0.4, -0.2) is 39.4 Å². The standard InChI is InChI=1S/C17H17F2N3O2S/c18-12-3-4-14(19)13(10-12)15-5-7-21(8-9-25-15)17(24)11-22-16(23)2-1-6-20-22/h1-4,6,10,15H,5,7-9,11H2. The van der Waals surface area contributed by atoms with Crippen molar-refractivity contribution in [1.82, 2.24) is 14.7 Å². The number of halogens is 2. The highest BCUT2D eigenvalue weighted by molar-refractivity contribution is 7.99. The summed E-state index contributed by atoms with van der Waals surface area (Å²) in [5.74, 6) is -0.493. The average molecular weight is 365 g/mol. The van der Waals surface area contributed by atoms with Gasteiger partial charge in [-0.15, -0.1) is 0 Å². The van der Waals surface area contributed by atoms with Crippen LogP contribution >= 0.6 is 11.8 Å². The van der Waals surface area contributed by atoms with Gasteiger partial charge in [0.25, 0.3) is 5.56 Å². The van der Waals surface area contributed by atoms with Gasteiger partial charge < -0.3 is 4.90 Å². The molecule has 0 saturated carbocycles. The zero-order valence-corrected chi connectivity index (χ0v) is 14.2. The van der Waals surface area contributed by atoms with Crippen LogP contribution in [0.1, 0.15) is 17.2 Å². The van der Waals surface area contributed by atoms with Crippen molar-refractivity contribution in [3.05, 3.63) is 64.1 Å². The van der Waals surface area contributed by atoms with Crippen LogP contribution in [0.4, 0.5) is 8.78 Å². The van der Waals surface area contributed by atoms with Gasteiger partial charge in [-0.05, 0) is 30.7 Å². The van der Waals surface area contributed by atoms with Crippen molar-refractivity contribution < 1.29 is 13.6 Å². The van der Waals surface area contributed by atoms with Gasteiger partial charge in [0.15, 0.2) is 0 Å². The van der Waals surface area contributed by atoms with Crippen LogP contribution in [0.2, 0.25) is 0 Å². The molecule has 2 aromatic rings. The van der Waals surface area contributed by atoms with E-state index < -0.39 is 11.6 Å². The Bertz CT molecular complexity index is 828. The van der Waals surface area contributed by atoms with Crippen LogP contribution in [-0.2, 0) is 11.3 Å². The first-order chi connectivity index (χ1) is 12.0. The number of amides is 1. The smallest absolute Gasteiger partial charge is 0.267 e. The quantitative estimate of drug-likeness (QED) is 0.837. The molecule has 1 aromatic heterocycles. The highest BCUT2D eigenvalue weighted by Crippen LogP contribution is 2.36. The van der Waals surface area contributed by atoms with E-state index in [9.17, 15) is 18.4 Å². The molecule has 0 bridgehead atoms. The third-order valence-corrected chi connectivity index (χ3v) is 5.38. The maximum Gasteiger partial charge on any atom is 0.267 e. The summed E-state index contributed by atoms with van der Waals surface area (Å²) in [5.41, 5.74) is -0.000000212. The predicted octanol–water partition coefficient (Wildman–Crippen LogP) is 2.23. The molecule has 1 unspecified atom stereocenters. The molecule has 1 amide bonds. The fraction of sp³-hybridized carbons (Fsp3) is 0.353. The van der Waals surface area contributed by atoms with E-state index in [0.29, 0.717) is 30.8 Å². The van der Waals surface area contributed by atoms with Crippen LogP contribution < -0.4 is 5.56 Å². The highest BCUT2D eigenvalue weighted by atomic mass is 32.2. The van der Waals surface area contributed by atoms with Gasteiger partial charge in [-0.25, -0.2) is 13.5 Å². The fourth-order valence-corrected chi connectivity index (χ4v) is 4.01. The molecule has 1 atom stereocenters. The molecule has 1 fully saturated rings. The Hall–Kier alpha value is -2.22. The lowest BCUT2D eigenvalue weighted by molar-refractivity contribution is -0.131. The Morgan fingerprint density at radius 1 is 1.28 bits per heavy atom. The summed E-state index contributed by atoms with van der Waals surface area (Å²) in [5, 5.41) is 3.68. The number of hydrogen-bond donors (Lipinski definition) is 0. The third-order valence-electron chi connectivity index (χ3n) is 4.07. The monoisotopic (exact) mass is 365 g/mol. The van der Waals surface area contributed by atoms with E-state index in [1.54, 1.807) is 4.90 Å². The van der Waals surface area contributed by atoms with E-state index in [4.69, 9.17) is 0 Å². The van der Waals surface area contributed by atoms with E-state index in [1.165, 1.54) is 36.2 Å². The number of carbonyl (C=O) groups is 1. The summed E-state index contributed by atoms with van der Waals surface area (Å²) in [4.78, 5) is 25.7. The first kappa shape index (κ1) is 17.6. The number of hydrogen-bond acceptors (Lipinski definition) is 4. The van der Waals surface area contributed by atoms with Crippen molar-refractivity contribution in [3.63, 3.8) is 0 Å². The maximum absolute atomic E-state index is 14.0. The minimum absolute atomic E-state index is 0.122. The molecule has 0 aliphatic carbocycles. The lowest BCUT2D eigenvalue weighted by Gasteiger charge is -2.20. The lowest BCUT2D eigenvalue weighted by Crippen LogP contribution is -2.38. The second-order valence-corrected chi connectivity index (χ2v) is 7.02. The van der Waals surface area contributed by atoms with Gasteiger partial charge in [0.05, 0.1) is 0 Å². The summed E-state index contributed by atoms with van der Waals surface area (Å²) in [6.45, 7) is 0.801. The summed E-state index contributed by atoms with van der Waals surface area (Å²) in [7, 11) is 0. The topological polar surface area (TPSA) is 55.2 Å². The molecule has 2 heterocycles. The molecule has 1 aliphatic heterocycles. The minimum Gasteiger partial charge on any atom is -0.340 e. The average Bonchev–Trinajstić information content (AvgIpc) is 2.85. The second kappa shape index (κ2) is 7.77. The van der Waals surface area contributed by atoms with Crippen molar-refractivity contribution in [2.24, 2.45) is 0 Å². The molecule has 3 rings (SSSR count). The summed E-state index contributed by atoms with van der Waals surface area (Å²) in [6, 6.07) is 6.32. The first-order valence-electron chi connectivity index (χ1n) is 7.91. The van der Waals surface area contributed by atoms with Crippen molar-refractivity contribution in [2.45, 2.75) is 18.2 Å². The molecule has 0 radical (unpaired) electrons.